The van der Waals surface area contributed by atoms with Crippen LogP contribution in [0.3, 0.4) is 0 Å². The smallest absolute Gasteiger partial charge is 0.00394 e. The van der Waals surface area contributed by atoms with E-state index >= 15 is 0 Å². The molecule has 2 heterocycles. The minimum Gasteiger partial charge on any atom is -0.306 e. The summed E-state index contributed by atoms with van der Waals surface area (Å²) >= 11 is 0. The van der Waals surface area contributed by atoms with E-state index in [-0.39, 0.29) is 0 Å². The predicted molar refractivity (Wildman–Crippen MR) is 55.6 cm³/mol. The standard InChI is InChI=1S/C11H21N2/c1-3-13-9-6-11(10-13)4-7-12(2)8-5-11/h1,3-10H2,2H3. The molecule has 0 aliphatic carbocycles. The molecule has 0 aromatic carbocycles. The first kappa shape index (κ1) is 9.47. The van der Waals surface area contributed by atoms with Gasteiger partial charge in [0.1, 0.15) is 0 Å². The van der Waals surface area contributed by atoms with E-state index in [1.54, 1.807) is 0 Å². The van der Waals surface area contributed by atoms with Gasteiger partial charge in [0.15, 0.2) is 0 Å². The first-order valence-electron chi connectivity index (χ1n) is 5.44. The van der Waals surface area contributed by atoms with Crippen LogP contribution in [0, 0.1) is 12.3 Å². The van der Waals surface area contributed by atoms with E-state index in [9.17, 15) is 0 Å². The van der Waals surface area contributed by atoms with Crippen LogP contribution in [0.15, 0.2) is 0 Å². The van der Waals surface area contributed by atoms with Gasteiger partial charge in [-0.15, -0.1) is 0 Å². The lowest BCUT2D eigenvalue weighted by molar-refractivity contribution is 0.128. The highest BCUT2D eigenvalue weighted by Gasteiger charge is 2.39. The Balaban J connectivity index is 1.92. The van der Waals surface area contributed by atoms with Crippen LogP contribution in [-0.4, -0.2) is 49.6 Å². The molecule has 0 bridgehead atoms. The summed E-state index contributed by atoms with van der Waals surface area (Å²) in [6.07, 6.45) is 4.22. The van der Waals surface area contributed by atoms with Crippen molar-refractivity contribution >= 4 is 0 Å². The molecule has 2 aliphatic rings. The van der Waals surface area contributed by atoms with Gasteiger partial charge in [-0.3, -0.25) is 0 Å². The zero-order chi connectivity index (χ0) is 9.31. The van der Waals surface area contributed by atoms with E-state index in [0.717, 1.165) is 6.54 Å². The van der Waals surface area contributed by atoms with Crippen molar-refractivity contribution in [3.8, 4) is 0 Å². The molecule has 0 N–H and O–H groups in total. The zero-order valence-electron chi connectivity index (χ0n) is 8.76. The van der Waals surface area contributed by atoms with Gasteiger partial charge in [0, 0.05) is 6.54 Å². The molecule has 2 heteroatoms. The Morgan fingerprint density at radius 2 is 1.77 bits per heavy atom. The molecule has 0 unspecified atom stereocenters. The summed E-state index contributed by atoms with van der Waals surface area (Å²) in [5.74, 6) is 0. The molecule has 2 saturated heterocycles. The quantitative estimate of drug-likeness (QED) is 0.600. The number of piperidine rings is 1. The van der Waals surface area contributed by atoms with Gasteiger partial charge in [-0.25, -0.2) is 0 Å². The molecule has 75 valence electrons. The number of hydrogen-bond acceptors (Lipinski definition) is 2. The molecule has 2 nitrogen and oxygen atoms in total. The van der Waals surface area contributed by atoms with Crippen molar-refractivity contribution in [2.45, 2.75) is 19.3 Å². The van der Waals surface area contributed by atoms with Crippen LogP contribution < -0.4 is 0 Å². The fourth-order valence-electron chi connectivity index (χ4n) is 2.72. The van der Waals surface area contributed by atoms with E-state index in [1.807, 2.05) is 0 Å². The molecular formula is C11H21N2. The number of nitrogens with zero attached hydrogens (tertiary/aromatic N) is 2. The largest absolute Gasteiger partial charge is 0.306 e. The highest BCUT2D eigenvalue weighted by atomic mass is 15.2. The van der Waals surface area contributed by atoms with Gasteiger partial charge < -0.3 is 9.80 Å². The molecular weight excluding hydrogens is 160 g/mol. The van der Waals surface area contributed by atoms with Crippen LogP contribution in [0.4, 0.5) is 0 Å². The first-order chi connectivity index (χ1) is 6.24. The van der Waals surface area contributed by atoms with Crippen molar-refractivity contribution in [1.29, 1.82) is 0 Å². The summed E-state index contributed by atoms with van der Waals surface area (Å²) in [6.45, 7) is 10.2. The normalized spacial score (nSPS) is 30.0. The lowest BCUT2D eigenvalue weighted by atomic mass is 9.78. The highest BCUT2D eigenvalue weighted by molar-refractivity contribution is 4.93. The Morgan fingerprint density at radius 3 is 2.31 bits per heavy atom. The average Bonchev–Trinajstić information content (AvgIpc) is 2.55. The van der Waals surface area contributed by atoms with Gasteiger partial charge in [0.05, 0.1) is 0 Å². The fourth-order valence-corrected chi connectivity index (χ4v) is 2.72. The summed E-state index contributed by atoms with van der Waals surface area (Å²) in [6, 6.07) is 0. The second-order valence-electron chi connectivity index (χ2n) is 4.83. The van der Waals surface area contributed by atoms with E-state index in [0.29, 0.717) is 5.41 Å². The molecule has 1 spiro atoms. The van der Waals surface area contributed by atoms with Crippen molar-refractivity contribution in [3.63, 3.8) is 0 Å². The molecule has 2 aliphatic heterocycles. The van der Waals surface area contributed by atoms with E-state index in [1.165, 1.54) is 45.4 Å². The molecule has 0 aromatic heterocycles. The predicted octanol–water partition coefficient (Wildman–Crippen LogP) is 1.24. The Morgan fingerprint density at radius 1 is 1.15 bits per heavy atom. The lowest BCUT2D eigenvalue weighted by Crippen LogP contribution is -2.39. The Bertz CT molecular complexity index is 171. The summed E-state index contributed by atoms with van der Waals surface area (Å²) in [5.41, 5.74) is 0.671. The monoisotopic (exact) mass is 181 g/mol. The number of rotatable bonds is 1. The van der Waals surface area contributed by atoms with E-state index < -0.39 is 0 Å². The molecule has 0 saturated carbocycles. The second-order valence-corrected chi connectivity index (χ2v) is 4.83. The Kier molecular flexibility index (Phi) is 2.61. The van der Waals surface area contributed by atoms with Gasteiger partial charge in [-0.1, -0.05) is 0 Å². The number of likely N-dealkylation sites (tertiary alicyclic amines) is 2. The third-order valence-corrected chi connectivity index (χ3v) is 3.88. The van der Waals surface area contributed by atoms with Gasteiger partial charge in [-0.2, -0.15) is 0 Å². The summed E-state index contributed by atoms with van der Waals surface area (Å²) < 4.78 is 0. The van der Waals surface area contributed by atoms with Crippen molar-refractivity contribution in [3.05, 3.63) is 6.92 Å². The molecule has 1 radical (unpaired) electrons. The molecule has 2 fully saturated rings. The maximum atomic E-state index is 3.98. The molecule has 0 aromatic rings. The van der Waals surface area contributed by atoms with Crippen LogP contribution >= 0.6 is 0 Å². The lowest BCUT2D eigenvalue weighted by Gasteiger charge is -2.37. The Hall–Kier alpha value is -0.0800. The maximum absolute atomic E-state index is 3.98. The summed E-state index contributed by atoms with van der Waals surface area (Å²) in [4.78, 5) is 4.96. The SMILES string of the molecule is [CH2]CN1CCC2(CCN(C)CC2)C1. The summed E-state index contributed by atoms with van der Waals surface area (Å²) in [5, 5.41) is 0. The average molecular weight is 181 g/mol. The highest BCUT2D eigenvalue weighted by Crippen LogP contribution is 2.39. The van der Waals surface area contributed by atoms with Crippen molar-refractivity contribution < 1.29 is 0 Å². The van der Waals surface area contributed by atoms with Crippen LogP contribution in [0.25, 0.3) is 0 Å². The Labute approximate surface area is 81.9 Å². The molecule has 0 atom stereocenters. The van der Waals surface area contributed by atoms with Crippen molar-refractivity contribution in [2.75, 3.05) is 39.8 Å². The zero-order valence-corrected chi connectivity index (χ0v) is 8.76. The van der Waals surface area contributed by atoms with Crippen LogP contribution in [-0.2, 0) is 0 Å². The van der Waals surface area contributed by atoms with Crippen LogP contribution in [0.1, 0.15) is 19.3 Å². The fraction of sp³-hybridized carbons (Fsp3) is 0.909. The third kappa shape index (κ3) is 1.89. The van der Waals surface area contributed by atoms with Gasteiger partial charge in [0.25, 0.3) is 0 Å². The summed E-state index contributed by atoms with van der Waals surface area (Å²) in [7, 11) is 2.24. The van der Waals surface area contributed by atoms with Gasteiger partial charge >= 0.3 is 0 Å². The number of hydrogen-bond donors (Lipinski definition) is 0. The van der Waals surface area contributed by atoms with Gasteiger partial charge in [0.2, 0.25) is 0 Å². The van der Waals surface area contributed by atoms with E-state index in [4.69, 9.17) is 0 Å². The van der Waals surface area contributed by atoms with Crippen LogP contribution in [0.2, 0.25) is 0 Å². The topological polar surface area (TPSA) is 6.48 Å². The third-order valence-electron chi connectivity index (χ3n) is 3.88. The maximum Gasteiger partial charge on any atom is 0.00394 e. The minimum absolute atomic E-state index is 0.671. The van der Waals surface area contributed by atoms with E-state index in [2.05, 4.69) is 23.8 Å². The molecule has 0 amide bonds. The first-order valence-corrected chi connectivity index (χ1v) is 5.44. The van der Waals surface area contributed by atoms with Crippen molar-refractivity contribution in [1.82, 2.24) is 9.80 Å². The second kappa shape index (κ2) is 3.58. The molecule has 2 rings (SSSR count). The molecule has 13 heavy (non-hydrogen) atoms. The van der Waals surface area contributed by atoms with Crippen LogP contribution in [0.5, 0.6) is 0 Å². The van der Waals surface area contributed by atoms with Crippen molar-refractivity contribution in [2.24, 2.45) is 5.41 Å². The minimum atomic E-state index is 0.671. The van der Waals surface area contributed by atoms with Gasteiger partial charge in [-0.05, 0) is 64.8 Å².